The zero-order valence-electron chi connectivity index (χ0n) is 16.3. The van der Waals surface area contributed by atoms with Gasteiger partial charge in [0.2, 0.25) is 0 Å². The number of anilines is 2. The number of aliphatic hydroxyl groups is 1. The second kappa shape index (κ2) is 7.78. The van der Waals surface area contributed by atoms with E-state index in [1.165, 1.54) is 29.9 Å². The molecule has 3 aromatic rings. The van der Waals surface area contributed by atoms with Gasteiger partial charge in [0.15, 0.2) is 0 Å². The van der Waals surface area contributed by atoms with E-state index in [1.807, 2.05) is 46.7 Å². The highest BCUT2D eigenvalue weighted by Crippen LogP contribution is 2.35. The van der Waals surface area contributed by atoms with Gasteiger partial charge >= 0.3 is 0 Å². The molecule has 1 saturated heterocycles. The molecule has 1 aromatic heterocycles. The molecule has 2 aliphatic rings. The first-order valence-electron chi connectivity index (χ1n) is 9.95. The van der Waals surface area contributed by atoms with Gasteiger partial charge in [-0.2, -0.15) is 0 Å². The molecule has 2 aromatic carbocycles. The van der Waals surface area contributed by atoms with Crippen molar-refractivity contribution in [2.45, 2.75) is 12.8 Å². The summed E-state index contributed by atoms with van der Waals surface area (Å²) in [6.45, 7) is 2.49. The Bertz CT molecular complexity index is 1110. The van der Waals surface area contributed by atoms with Gasteiger partial charge in [-0.3, -0.25) is 5.41 Å². The van der Waals surface area contributed by atoms with Gasteiger partial charge in [-0.25, -0.2) is 4.98 Å². The Labute approximate surface area is 184 Å². The van der Waals surface area contributed by atoms with Gasteiger partial charge < -0.3 is 14.9 Å². The zero-order chi connectivity index (χ0) is 20.7. The fraction of sp³-hybridized carbons (Fsp3) is 0.217. The molecule has 5 nitrogen and oxygen atoms in total. The summed E-state index contributed by atoms with van der Waals surface area (Å²) >= 11 is 7.41. The number of hydrogen-bond acceptors (Lipinski definition) is 5. The first-order chi connectivity index (χ1) is 14.6. The Hall–Kier alpha value is -2.83. The van der Waals surface area contributed by atoms with Gasteiger partial charge in [0, 0.05) is 40.4 Å². The van der Waals surface area contributed by atoms with Gasteiger partial charge in [-0.1, -0.05) is 23.7 Å². The Balaban J connectivity index is 1.37. The van der Waals surface area contributed by atoms with Crippen molar-refractivity contribution in [3.05, 3.63) is 69.7 Å². The Kier molecular flexibility index (Phi) is 4.97. The molecule has 0 amide bonds. The van der Waals surface area contributed by atoms with E-state index in [9.17, 15) is 5.11 Å². The Morgan fingerprint density at radius 3 is 2.33 bits per heavy atom. The van der Waals surface area contributed by atoms with Crippen LogP contribution in [0.1, 0.15) is 17.8 Å². The van der Waals surface area contributed by atoms with Crippen molar-refractivity contribution < 1.29 is 5.11 Å². The fourth-order valence-electron chi connectivity index (χ4n) is 3.99. The molecule has 2 aliphatic heterocycles. The Morgan fingerprint density at radius 1 is 0.967 bits per heavy atom. The average molecular weight is 437 g/mol. The summed E-state index contributed by atoms with van der Waals surface area (Å²) in [7, 11) is 0. The number of benzene rings is 2. The van der Waals surface area contributed by atoms with E-state index in [1.54, 1.807) is 0 Å². The Morgan fingerprint density at radius 2 is 1.63 bits per heavy atom. The van der Waals surface area contributed by atoms with E-state index in [2.05, 4.69) is 22.0 Å². The van der Waals surface area contributed by atoms with Crippen LogP contribution in [0.15, 0.2) is 59.7 Å². The number of rotatable bonds is 4. The summed E-state index contributed by atoms with van der Waals surface area (Å²) in [5.41, 5.74) is 4.39. The molecule has 0 spiro atoms. The molecule has 30 heavy (non-hydrogen) atoms. The number of halogens is 1. The molecule has 0 bridgehead atoms. The summed E-state index contributed by atoms with van der Waals surface area (Å²) in [6.07, 6.45) is 2.48. The maximum atomic E-state index is 10.6. The van der Waals surface area contributed by atoms with E-state index < -0.39 is 0 Å². The molecule has 0 unspecified atom stereocenters. The topological polar surface area (TPSA) is 63.5 Å². The summed E-state index contributed by atoms with van der Waals surface area (Å²) in [4.78, 5) is 8.88. The minimum Gasteiger partial charge on any atom is -0.510 e. The number of nitrogens with one attached hydrogen (secondary N) is 1. The van der Waals surface area contributed by atoms with Gasteiger partial charge in [0.25, 0.3) is 0 Å². The van der Waals surface area contributed by atoms with E-state index in [4.69, 9.17) is 17.0 Å². The van der Waals surface area contributed by atoms with Crippen LogP contribution in [0.25, 0.3) is 16.8 Å². The number of nitrogens with zero attached hydrogens (tertiary/aromatic N) is 3. The standard InChI is InChI=1S/C23H21ClN4OS/c24-16-5-3-15(4-6-16)19-14-30-23(26-19)21-20(29)13-28(22(21)25)18-9-7-17(8-10-18)27-11-1-2-12-27/h3-10,14,25,29H,1-2,11-13H2. The molecule has 0 aliphatic carbocycles. The highest BCUT2D eigenvalue weighted by Gasteiger charge is 2.31. The van der Waals surface area contributed by atoms with Gasteiger partial charge in [0.1, 0.15) is 16.6 Å². The quantitative estimate of drug-likeness (QED) is 0.540. The first-order valence-corrected chi connectivity index (χ1v) is 11.2. The van der Waals surface area contributed by atoms with Crippen LogP contribution >= 0.6 is 22.9 Å². The largest absolute Gasteiger partial charge is 0.510 e. The number of aliphatic hydroxyl groups excluding tert-OH is 1. The molecule has 7 heteroatoms. The maximum Gasteiger partial charge on any atom is 0.139 e. The van der Waals surface area contributed by atoms with Gasteiger partial charge in [-0.15, -0.1) is 11.3 Å². The lowest BCUT2D eigenvalue weighted by Gasteiger charge is -2.21. The van der Waals surface area contributed by atoms with Crippen LogP contribution < -0.4 is 9.80 Å². The second-order valence-corrected chi connectivity index (χ2v) is 8.81. The van der Waals surface area contributed by atoms with Crippen molar-refractivity contribution in [3.8, 4) is 11.3 Å². The van der Waals surface area contributed by atoms with Crippen LogP contribution in [0, 0.1) is 5.41 Å². The lowest BCUT2D eigenvalue weighted by molar-refractivity contribution is 0.411. The summed E-state index contributed by atoms with van der Waals surface area (Å²) in [5.74, 6) is 0.457. The molecular formula is C23H21ClN4OS. The van der Waals surface area contributed by atoms with Crippen LogP contribution in [-0.2, 0) is 0 Å². The van der Waals surface area contributed by atoms with Crippen molar-refractivity contribution in [2.75, 3.05) is 29.4 Å². The minimum atomic E-state index is 0.181. The molecule has 0 saturated carbocycles. The van der Waals surface area contributed by atoms with E-state index in [0.29, 0.717) is 15.6 Å². The molecule has 152 valence electrons. The van der Waals surface area contributed by atoms with Crippen LogP contribution in [0.2, 0.25) is 5.02 Å². The number of amidine groups is 1. The van der Waals surface area contributed by atoms with Crippen LogP contribution in [-0.4, -0.2) is 35.6 Å². The van der Waals surface area contributed by atoms with Crippen LogP contribution in [0.5, 0.6) is 0 Å². The van der Waals surface area contributed by atoms with Crippen LogP contribution in [0.3, 0.4) is 0 Å². The second-order valence-electron chi connectivity index (χ2n) is 7.51. The van der Waals surface area contributed by atoms with Crippen LogP contribution in [0.4, 0.5) is 11.4 Å². The van der Waals surface area contributed by atoms with E-state index in [0.717, 1.165) is 30.0 Å². The third-order valence-electron chi connectivity index (χ3n) is 5.59. The smallest absolute Gasteiger partial charge is 0.139 e. The zero-order valence-corrected chi connectivity index (χ0v) is 17.9. The fourth-order valence-corrected chi connectivity index (χ4v) is 5.01. The summed E-state index contributed by atoms with van der Waals surface area (Å²) < 4.78 is 0. The predicted molar refractivity (Wildman–Crippen MR) is 125 cm³/mol. The van der Waals surface area contributed by atoms with Crippen molar-refractivity contribution in [1.29, 1.82) is 5.41 Å². The molecule has 2 N–H and O–H groups in total. The SMILES string of the molecule is N=C1C(c2nc(-c3ccc(Cl)cc3)cs2)=C(O)CN1c1ccc(N2CCCC2)cc1. The predicted octanol–water partition coefficient (Wildman–Crippen LogP) is 5.83. The third kappa shape index (κ3) is 3.46. The van der Waals surface area contributed by atoms with Gasteiger partial charge in [0.05, 0.1) is 17.8 Å². The number of thiazole rings is 1. The molecule has 3 heterocycles. The van der Waals surface area contributed by atoms with Crippen molar-refractivity contribution in [2.24, 2.45) is 0 Å². The van der Waals surface area contributed by atoms with Crippen molar-refractivity contribution >= 4 is 45.7 Å². The number of hydrogen-bond donors (Lipinski definition) is 2. The maximum absolute atomic E-state index is 10.6. The summed E-state index contributed by atoms with van der Waals surface area (Å²) in [6, 6.07) is 15.8. The van der Waals surface area contributed by atoms with E-state index in [-0.39, 0.29) is 18.1 Å². The minimum absolute atomic E-state index is 0.181. The highest BCUT2D eigenvalue weighted by molar-refractivity contribution is 7.11. The molecule has 1 fully saturated rings. The number of aromatic nitrogens is 1. The monoisotopic (exact) mass is 436 g/mol. The first kappa shape index (κ1) is 19.2. The van der Waals surface area contributed by atoms with Crippen molar-refractivity contribution in [3.63, 3.8) is 0 Å². The third-order valence-corrected chi connectivity index (χ3v) is 6.71. The van der Waals surface area contributed by atoms with E-state index >= 15 is 0 Å². The highest BCUT2D eigenvalue weighted by atomic mass is 35.5. The average Bonchev–Trinajstić information content (AvgIpc) is 3.50. The normalized spacial score (nSPS) is 16.8. The summed E-state index contributed by atoms with van der Waals surface area (Å²) in [5, 5.41) is 22.6. The van der Waals surface area contributed by atoms with Crippen molar-refractivity contribution in [1.82, 2.24) is 4.98 Å². The molecular weight excluding hydrogens is 416 g/mol. The lowest BCUT2D eigenvalue weighted by Crippen LogP contribution is -2.26. The molecule has 0 radical (unpaired) electrons. The molecule has 0 atom stereocenters. The lowest BCUT2D eigenvalue weighted by atomic mass is 10.2. The molecule has 5 rings (SSSR count). The van der Waals surface area contributed by atoms with Gasteiger partial charge in [-0.05, 0) is 49.2 Å².